The predicted octanol–water partition coefficient (Wildman–Crippen LogP) is 2.04. The van der Waals surface area contributed by atoms with Crippen molar-refractivity contribution < 1.29 is 0 Å². The van der Waals surface area contributed by atoms with Crippen LogP contribution in [0.25, 0.3) is 0 Å². The minimum absolute atomic E-state index is 0.442. The molecule has 2 aliphatic heterocycles. The zero-order chi connectivity index (χ0) is 11.8. The summed E-state index contributed by atoms with van der Waals surface area (Å²) in [6.45, 7) is 4.10. The van der Waals surface area contributed by atoms with E-state index in [2.05, 4.69) is 27.5 Å². The van der Waals surface area contributed by atoms with Crippen LogP contribution >= 0.6 is 0 Å². The van der Waals surface area contributed by atoms with Crippen LogP contribution in [0.4, 0.5) is 5.82 Å². The molecule has 0 saturated carbocycles. The molecule has 0 spiro atoms. The first-order valence-electron chi connectivity index (χ1n) is 5.95. The van der Waals surface area contributed by atoms with E-state index in [9.17, 15) is 0 Å². The SMILES string of the molecule is C=C1CC2CCC(C1)N2c1nccnc1C#N. The molecule has 0 aromatic carbocycles. The summed E-state index contributed by atoms with van der Waals surface area (Å²) in [5, 5.41) is 9.10. The number of hydrogen-bond acceptors (Lipinski definition) is 4. The monoisotopic (exact) mass is 226 g/mol. The number of nitrogens with zero attached hydrogens (tertiary/aromatic N) is 4. The molecule has 2 fully saturated rings. The van der Waals surface area contributed by atoms with Crippen molar-refractivity contribution in [2.24, 2.45) is 0 Å². The lowest BCUT2D eigenvalue weighted by Crippen LogP contribution is -2.41. The van der Waals surface area contributed by atoms with Gasteiger partial charge in [0.05, 0.1) is 0 Å². The fourth-order valence-electron chi connectivity index (χ4n) is 3.06. The smallest absolute Gasteiger partial charge is 0.183 e. The number of aromatic nitrogens is 2. The lowest BCUT2D eigenvalue weighted by molar-refractivity contribution is 0.544. The van der Waals surface area contributed by atoms with Crippen molar-refractivity contribution in [1.29, 1.82) is 5.26 Å². The second-order valence-electron chi connectivity index (χ2n) is 4.79. The molecule has 2 bridgehead atoms. The highest BCUT2D eigenvalue weighted by Gasteiger charge is 2.39. The summed E-state index contributed by atoms with van der Waals surface area (Å²) < 4.78 is 0. The minimum Gasteiger partial charge on any atom is -0.348 e. The van der Waals surface area contributed by atoms with Crippen LogP contribution in [0, 0.1) is 11.3 Å². The number of nitriles is 1. The van der Waals surface area contributed by atoms with Crippen LogP contribution in [0.15, 0.2) is 24.5 Å². The average molecular weight is 226 g/mol. The number of rotatable bonds is 1. The molecular weight excluding hydrogens is 212 g/mol. The Morgan fingerprint density at radius 3 is 2.53 bits per heavy atom. The lowest BCUT2D eigenvalue weighted by atomic mass is 9.98. The van der Waals surface area contributed by atoms with Gasteiger partial charge in [0.15, 0.2) is 11.5 Å². The van der Waals surface area contributed by atoms with Crippen molar-refractivity contribution in [1.82, 2.24) is 9.97 Å². The highest BCUT2D eigenvalue weighted by molar-refractivity contribution is 5.53. The summed E-state index contributed by atoms with van der Waals surface area (Å²) in [5.41, 5.74) is 1.77. The van der Waals surface area contributed by atoms with Gasteiger partial charge >= 0.3 is 0 Å². The third kappa shape index (κ3) is 1.59. The van der Waals surface area contributed by atoms with Gasteiger partial charge in [0.25, 0.3) is 0 Å². The zero-order valence-corrected chi connectivity index (χ0v) is 9.63. The first-order chi connectivity index (χ1) is 8.29. The van der Waals surface area contributed by atoms with E-state index in [4.69, 9.17) is 5.26 Å². The Hall–Kier alpha value is -1.89. The maximum Gasteiger partial charge on any atom is 0.183 e. The van der Waals surface area contributed by atoms with Gasteiger partial charge in [0.2, 0.25) is 0 Å². The van der Waals surface area contributed by atoms with Crippen molar-refractivity contribution in [2.45, 2.75) is 37.8 Å². The van der Waals surface area contributed by atoms with Gasteiger partial charge in [-0.1, -0.05) is 12.2 Å². The fourth-order valence-corrected chi connectivity index (χ4v) is 3.06. The van der Waals surface area contributed by atoms with E-state index in [-0.39, 0.29) is 0 Å². The number of piperidine rings is 1. The molecular formula is C13H14N4. The second-order valence-corrected chi connectivity index (χ2v) is 4.79. The minimum atomic E-state index is 0.442. The Morgan fingerprint density at radius 2 is 1.88 bits per heavy atom. The number of anilines is 1. The standard InChI is InChI=1S/C13H14N4/c1-9-6-10-2-3-11(7-9)17(10)13-12(8-14)15-4-5-16-13/h4-5,10-11H,1-3,6-7H2. The maximum absolute atomic E-state index is 9.10. The number of hydrogen-bond donors (Lipinski definition) is 0. The van der Waals surface area contributed by atoms with Gasteiger partial charge in [-0.2, -0.15) is 5.26 Å². The summed E-state index contributed by atoms with van der Waals surface area (Å²) in [6.07, 6.45) is 7.64. The van der Waals surface area contributed by atoms with Crippen molar-refractivity contribution in [3.8, 4) is 6.07 Å². The molecule has 0 N–H and O–H groups in total. The molecule has 1 aromatic rings. The summed E-state index contributed by atoms with van der Waals surface area (Å²) >= 11 is 0. The van der Waals surface area contributed by atoms with Gasteiger partial charge < -0.3 is 4.90 Å². The third-order valence-electron chi connectivity index (χ3n) is 3.70. The van der Waals surface area contributed by atoms with E-state index < -0.39 is 0 Å². The molecule has 2 unspecified atom stereocenters. The van der Waals surface area contributed by atoms with E-state index in [1.165, 1.54) is 18.4 Å². The summed E-state index contributed by atoms with van der Waals surface area (Å²) in [5.74, 6) is 0.759. The second kappa shape index (κ2) is 3.85. The highest BCUT2D eigenvalue weighted by Crippen LogP contribution is 2.40. The van der Waals surface area contributed by atoms with Crippen molar-refractivity contribution in [2.75, 3.05) is 4.90 Å². The summed E-state index contributed by atoms with van der Waals surface area (Å²) in [7, 11) is 0. The van der Waals surface area contributed by atoms with E-state index in [1.807, 2.05) is 0 Å². The van der Waals surface area contributed by atoms with E-state index >= 15 is 0 Å². The topological polar surface area (TPSA) is 52.8 Å². The zero-order valence-electron chi connectivity index (χ0n) is 9.63. The van der Waals surface area contributed by atoms with E-state index in [0.717, 1.165) is 18.7 Å². The molecule has 0 radical (unpaired) electrons. The molecule has 1 aromatic heterocycles. The average Bonchev–Trinajstić information content (AvgIpc) is 2.61. The molecule has 86 valence electrons. The molecule has 0 aliphatic carbocycles. The first kappa shape index (κ1) is 10.3. The molecule has 17 heavy (non-hydrogen) atoms. The van der Waals surface area contributed by atoms with Crippen LogP contribution in [0.1, 0.15) is 31.4 Å². The van der Waals surface area contributed by atoms with Crippen LogP contribution in [0.5, 0.6) is 0 Å². The molecule has 2 aliphatic rings. The van der Waals surface area contributed by atoms with Gasteiger partial charge in [-0.15, -0.1) is 0 Å². The Labute approximate surface area is 101 Å². The van der Waals surface area contributed by atoms with Crippen LogP contribution in [-0.2, 0) is 0 Å². The normalized spacial score (nSPS) is 27.0. The lowest BCUT2D eigenvalue weighted by Gasteiger charge is -2.36. The van der Waals surface area contributed by atoms with Gasteiger partial charge in [-0.25, -0.2) is 9.97 Å². The fraction of sp³-hybridized carbons (Fsp3) is 0.462. The Morgan fingerprint density at radius 1 is 1.24 bits per heavy atom. The van der Waals surface area contributed by atoms with Crippen LogP contribution in [0.3, 0.4) is 0 Å². The molecule has 3 rings (SSSR count). The summed E-state index contributed by atoms with van der Waals surface area (Å²) in [6, 6.07) is 3.06. The van der Waals surface area contributed by atoms with Crippen molar-refractivity contribution in [3.63, 3.8) is 0 Å². The van der Waals surface area contributed by atoms with Crippen LogP contribution < -0.4 is 4.90 Å². The van der Waals surface area contributed by atoms with E-state index in [1.54, 1.807) is 12.4 Å². The van der Waals surface area contributed by atoms with Crippen LogP contribution in [-0.4, -0.2) is 22.1 Å². The third-order valence-corrected chi connectivity index (χ3v) is 3.70. The van der Waals surface area contributed by atoms with Crippen LogP contribution in [0.2, 0.25) is 0 Å². The van der Waals surface area contributed by atoms with Crippen molar-refractivity contribution in [3.05, 3.63) is 30.2 Å². The molecule has 3 heterocycles. The molecule has 4 nitrogen and oxygen atoms in total. The Kier molecular flexibility index (Phi) is 2.32. The Balaban J connectivity index is 2.00. The predicted molar refractivity (Wildman–Crippen MR) is 64.4 cm³/mol. The van der Waals surface area contributed by atoms with E-state index in [0.29, 0.717) is 17.8 Å². The van der Waals surface area contributed by atoms with Gasteiger partial charge in [0.1, 0.15) is 6.07 Å². The molecule has 2 atom stereocenters. The maximum atomic E-state index is 9.10. The number of fused-ring (bicyclic) bond motifs is 2. The molecule has 4 heteroatoms. The highest BCUT2D eigenvalue weighted by atomic mass is 15.3. The first-order valence-corrected chi connectivity index (χ1v) is 5.95. The molecule has 0 amide bonds. The quantitative estimate of drug-likeness (QED) is 0.687. The largest absolute Gasteiger partial charge is 0.348 e. The Bertz CT molecular complexity index is 486. The van der Waals surface area contributed by atoms with Gasteiger partial charge in [0, 0.05) is 24.5 Å². The van der Waals surface area contributed by atoms with Gasteiger partial charge in [-0.3, -0.25) is 0 Å². The van der Waals surface area contributed by atoms with Gasteiger partial charge in [-0.05, 0) is 25.7 Å². The van der Waals surface area contributed by atoms with Crippen molar-refractivity contribution >= 4 is 5.82 Å². The summed E-state index contributed by atoms with van der Waals surface area (Å²) in [4.78, 5) is 10.7. The molecule has 2 saturated heterocycles.